The number of hydrogen-bond donors (Lipinski definition) is 1. The van der Waals surface area contributed by atoms with E-state index in [0.717, 1.165) is 12.1 Å². The molecule has 0 spiro atoms. The quantitative estimate of drug-likeness (QED) is 0.767. The number of hydrogen-bond acceptors (Lipinski definition) is 2. The van der Waals surface area contributed by atoms with Crippen LogP contribution < -0.4 is 5.32 Å². The fourth-order valence-electron chi connectivity index (χ4n) is 1.20. The molecule has 72 valence electrons. The van der Waals surface area contributed by atoms with Gasteiger partial charge in [0.15, 0.2) is 0 Å². The fraction of sp³-hybridized carbons (Fsp3) is 0.400. The van der Waals surface area contributed by atoms with Gasteiger partial charge in [0, 0.05) is 13.7 Å². The summed E-state index contributed by atoms with van der Waals surface area (Å²) in [6.45, 7) is 0.724. The van der Waals surface area contributed by atoms with Gasteiger partial charge >= 0.3 is 0 Å². The van der Waals surface area contributed by atoms with Crippen LogP contribution in [0.25, 0.3) is 0 Å². The first-order chi connectivity index (χ1) is 6.27. The molecule has 13 heavy (non-hydrogen) atoms. The number of benzene rings is 1. The summed E-state index contributed by atoms with van der Waals surface area (Å²) in [6, 6.07) is 6.36. The average Bonchev–Trinajstić information content (AvgIpc) is 2.16. The highest BCUT2D eigenvalue weighted by atomic mass is 19.1. The summed E-state index contributed by atoms with van der Waals surface area (Å²) in [7, 11) is 3.50. The maximum atomic E-state index is 12.6. The van der Waals surface area contributed by atoms with Gasteiger partial charge in [-0.2, -0.15) is 0 Å². The van der Waals surface area contributed by atoms with Crippen LogP contribution in [0.15, 0.2) is 24.3 Å². The lowest BCUT2D eigenvalue weighted by Gasteiger charge is -2.14. The van der Waals surface area contributed by atoms with E-state index < -0.39 is 0 Å². The largest absolute Gasteiger partial charge is 0.375 e. The van der Waals surface area contributed by atoms with Gasteiger partial charge in [-0.1, -0.05) is 12.1 Å². The lowest BCUT2D eigenvalue weighted by Crippen LogP contribution is -2.18. The lowest BCUT2D eigenvalue weighted by molar-refractivity contribution is 0.104. The minimum absolute atomic E-state index is 0.00870. The predicted molar refractivity (Wildman–Crippen MR) is 50.1 cm³/mol. The van der Waals surface area contributed by atoms with Gasteiger partial charge in [0.05, 0.1) is 6.10 Å². The van der Waals surface area contributed by atoms with E-state index in [4.69, 9.17) is 4.74 Å². The van der Waals surface area contributed by atoms with Gasteiger partial charge in [-0.3, -0.25) is 0 Å². The van der Waals surface area contributed by atoms with Gasteiger partial charge in [-0.25, -0.2) is 4.39 Å². The van der Waals surface area contributed by atoms with E-state index in [0.29, 0.717) is 0 Å². The zero-order valence-corrected chi connectivity index (χ0v) is 7.88. The van der Waals surface area contributed by atoms with E-state index in [1.165, 1.54) is 12.1 Å². The zero-order valence-electron chi connectivity index (χ0n) is 7.88. The van der Waals surface area contributed by atoms with Crippen LogP contribution in [-0.4, -0.2) is 20.7 Å². The normalized spacial score (nSPS) is 12.8. The molecule has 0 heterocycles. The first-order valence-corrected chi connectivity index (χ1v) is 4.20. The monoisotopic (exact) mass is 183 g/mol. The molecule has 0 saturated heterocycles. The van der Waals surface area contributed by atoms with Crippen LogP contribution in [0.3, 0.4) is 0 Å². The second-order valence-corrected chi connectivity index (χ2v) is 2.83. The molecule has 0 aliphatic carbocycles. The van der Waals surface area contributed by atoms with E-state index in [2.05, 4.69) is 5.32 Å². The number of halogens is 1. The molecule has 0 aliphatic rings. The Hall–Kier alpha value is -0.930. The molecule has 0 radical (unpaired) electrons. The van der Waals surface area contributed by atoms with E-state index >= 15 is 0 Å². The number of rotatable bonds is 4. The first-order valence-electron chi connectivity index (χ1n) is 4.20. The minimum Gasteiger partial charge on any atom is -0.375 e. The number of ether oxygens (including phenoxy) is 1. The average molecular weight is 183 g/mol. The molecule has 1 N–H and O–H groups in total. The van der Waals surface area contributed by atoms with E-state index in [1.54, 1.807) is 19.2 Å². The highest BCUT2D eigenvalue weighted by Crippen LogP contribution is 2.15. The van der Waals surface area contributed by atoms with E-state index in [1.807, 2.05) is 7.05 Å². The Bertz CT molecular complexity index is 248. The molecule has 0 amide bonds. The topological polar surface area (TPSA) is 21.3 Å². The highest BCUT2D eigenvalue weighted by Gasteiger charge is 2.08. The van der Waals surface area contributed by atoms with Crippen molar-refractivity contribution in [3.8, 4) is 0 Å². The maximum absolute atomic E-state index is 12.6. The predicted octanol–water partition coefficient (Wildman–Crippen LogP) is 1.73. The smallest absolute Gasteiger partial charge is 0.123 e. The van der Waals surface area contributed by atoms with Crippen molar-refractivity contribution in [1.29, 1.82) is 0 Å². The number of likely N-dealkylation sites (N-methyl/N-ethyl adjacent to an activating group) is 1. The zero-order chi connectivity index (χ0) is 9.68. The Kier molecular flexibility index (Phi) is 3.86. The SMILES string of the molecule is CNCC(OC)c1ccc(F)cc1. The molecular weight excluding hydrogens is 169 g/mol. The standard InChI is InChI=1S/C10H14FNO/c1-12-7-10(13-2)8-3-5-9(11)6-4-8/h3-6,10,12H,7H2,1-2H3. The molecule has 1 rings (SSSR count). The van der Waals surface area contributed by atoms with Crippen molar-refractivity contribution in [2.75, 3.05) is 20.7 Å². The summed E-state index contributed by atoms with van der Waals surface area (Å²) in [6.07, 6.45) is -0.00870. The van der Waals surface area contributed by atoms with Gasteiger partial charge in [0.1, 0.15) is 5.82 Å². The van der Waals surface area contributed by atoms with E-state index in [9.17, 15) is 4.39 Å². The van der Waals surface area contributed by atoms with Crippen molar-refractivity contribution in [2.45, 2.75) is 6.10 Å². The van der Waals surface area contributed by atoms with Crippen molar-refractivity contribution in [2.24, 2.45) is 0 Å². The maximum Gasteiger partial charge on any atom is 0.123 e. The van der Waals surface area contributed by atoms with Crippen molar-refractivity contribution in [3.63, 3.8) is 0 Å². The van der Waals surface area contributed by atoms with Gasteiger partial charge in [0.25, 0.3) is 0 Å². The molecule has 1 atom stereocenters. The van der Waals surface area contributed by atoms with Gasteiger partial charge in [-0.05, 0) is 24.7 Å². The Balaban J connectivity index is 2.73. The third kappa shape index (κ3) is 2.79. The first kappa shape index (κ1) is 10.2. The molecule has 2 nitrogen and oxygen atoms in total. The summed E-state index contributed by atoms with van der Waals surface area (Å²) < 4.78 is 17.8. The summed E-state index contributed by atoms with van der Waals surface area (Å²) in [5.41, 5.74) is 0.984. The van der Waals surface area contributed by atoms with Crippen LogP contribution in [-0.2, 0) is 4.74 Å². The van der Waals surface area contributed by atoms with Crippen molar-refractivity contribution >= 4 is 0 Å². The number of methoxy groups -OCH3 is 1. The minimum atomic E-state index is -0.219. The third-order valence-electron chi connectivity index (χ3n) is 1.92. The van der Waals surface area contributed by atoms with Gasteiger partial charge in [-0.15, -0.1) is 0 Å². The Morgan fingerprint density at radius 1 is 1.38 bits per heavy atom. The van der Waals surface area contributed by atoms with Crippen LogP contribution in [0.1, 0.15) is 11.7 Å². The molecular formula is C10H14FNO. The van der Waals surface area contributed by atoms with Crippen molar-refractivity contribution in [3.05, 3.63) is 35.6 Å². The highest BCUT2D eigenvalue weighted by molar-refractivity contribution is 5.18. The van der Waals surface area contributed by atoms with Crippen LogP contribution in [0, 0.1) is 5.82 Å². The summed E-state index contributed by atoms with van der Waals surface area (Å²) in [5, 5.41) is 3.01. The summed E-state index contributed by atoms with van der Waals surface area (Å²) in [4.78, 5) is 0. The van der Waals surface area contributed by atoms with E-state index in [-0.39, 0.29) is 11.9 Å². The molecule has 1 unspecified atom stereocenters. The molecule has 0 aromatic heterocycles. The van der Waals surface area contributed by atoms with Crippen molar-refractivity contribution in [1.82, 2.24) is 5.32 Å². The Morgan fingerprint density at radius 3 is 2.46 bits per heavy atom. The van der Waals surface area contributed by atoms with Crippen LogP contribution in [0.4, 0.5) is 4.39 Å². The lowest BCUT2D eigenvalue weighted by atomic mass is 10.1. The molecule has 1 aromatic carbocycles. The van der Waals surface area contributed by atoms with Crippen LogP contribution in [0.2, 0.25) is 0 Å². The third-order valence-corrected chi connectivity index (χ3v) is 1.92. The molecule has 0 fully saturated rings. The Labute approximate surface area is 77.7 Å². The second-order valence-electron chi connectivity index (χ2n) is 2.83. The molecule has 3 heteroatoms. The second kappa shape index (κ2) is 4.94. The molecule has 0 saturated carbocycles. The van der Waals surface area contributed by atoms with Crippen LogP contribution >= 0.6 is 0 Å². The Morgan fingerprint density at radius 2 is 2.00 bits per heavy atom. The van der Waals surface area contributed by atoms with Gasteiger partial charge < -0.3 is 10.1 Å². The van der Waals surface area contributed by atoms with Crippen LogP contribution in [0.5, 0.6) is 0 Å². The molecule has 0 aliphatic heterocycles. The van der Waals surface area contributed by atoms with Crippen molar-refractivity contribution < 1.29 is 9.13 Å². The molecule has 1 aromatic rings. The summed E-state index contributed by atoms with van der Waals surface area (Å²) in [5.74, 6) is -0.219. The number of nitrogens with one attached hydrogen (secondary N) is 1. The molecule has 0 bridgehead atoms. The summed E-state index contributed by atoms with van der Waals surface area (Å²) >= 11 is 0. The van der Waals surface area contributed by atoms with Gasteiger partial charge in [0.2, 0.25) is 0 Å². The fourth-order valence-corrected chi connectivity index (χ4v) is 1.20.